The van der Waals surface area contributed by atoms with Gasteiger partial charge < -0.3 is 4.42 Å². The third kappa shape index (κ3) is 0.826. The number of pyridine rings is 1. The van der Waals surface area contributed by atoms with Gasteiger partial charge in [-0.15, -0.1) is 0 Å². The number of nitrogens with zero attached hydrogens (tertiary/aromatic N) is 2. The van der Waals surface area contributed by atoms with Crippen LogP contribution in [0.2, 0.25) is 0 Å². The van der Waals surface area contributed by atoms with Crippen LogP contribution in [-0.2, 0) is 6.42 Å². The lowest BCUT2D eigenvalue weighted by Crippen LogP contribution is -1.76. The predicted molar refractivity (Wildman–Crippen MR) is 51.3 cm³/mol. The number of hydrogen-bond donors (Lipinski definition) is 0. The molecule has 0 aliphatic heterocycles. The monoisotopic (exact) mass is 182 g/mol. The van der Waals surface area contributed by atoms with Gasteiger partial charge >= 0.3 is 0 Å². The van der Waals surface area contributed by atoms with E-state index in [2.05, 4.69) is 11.1 Å². The standard InChI is InChI=1S/C11H6N2O/c12-6-7-4-8-10(5-7)14-9-2-1-3-13-11(8)9/h1-4H,5H2. The van der Waals surface area contributed by atoms with Crippen molar-refractivity contribution in [2.45, 2.75) is 6.42 Å². The summed E-state index contributed by atoms with van der Waals surface area (Å²) in [6, 6.07) is 5.87. The van der Waals surface area contributed by atoms with Gasteiger partial charge in [-0.05, 0) is 18.2 Å². The number of nitriles is 1. The Morgan fingerprint density at radius 2 is 2.43 bits per heavy atom. The first-order chi connectivity index (χ1) is 6.88. The van der Waals surface area contributed by atoms with E-state index in [9.17, 15) is 0 Å². The van der Waals surface area contributed by atoms with Crippen LogP contribution in [0.15, 0.2) is 28.3 Å². The molecule has 2 aromatic heterocycles. The maximum Gasteiger partial charge on any atom is 0.153 e. The van der Waals surface area contributed by atoms with Gasteiger partial charge in [0.15, 0.2) is 5.58 Å². The summed E-state index contributed by atoms with van der Waals surface area (Å²) < 4.78 is 5.58. The second kappa shape index (κ2) is 2.46. The molecule has 14 heavy (non-hydrogen) atoms. The SMILES string of the molecule is N#CC1=Cc2c(oc3cccnc23)C1. The van der Waals surface area contributed by atoms with Crippen LogP contribution >= 0.6 is 0 Å². The molecule has 1 aliphatic carbocycles. The van der Waals surface area contributed by atoms with Crippen LogP contribution < -0.4 is 0 Å². The zero-order chi connectivity index (χ0) is 9.54. The second-order valence-corrected chi connectivity index (χ2v) is 3.25. The van der Waals surface area contributed by atoms with Crippen LogP contribution in [0.5, 0.6) is 0 Å². The van der Waals surface area contributed by atoms with E-state index < -0.39 is 0 Å². The Balaban J connectivity index is 2.34. The molecule has 0 fully saturated rings. The van der Waals surface area contributed by atoms with E-state index in [-0.39, 0.29) is 0 Å². The Bertz CT molecular complexity index is 587. The Morgan fingerprint density at radius 3 is 3.29 bits per heavy atom. The topological polar surface area (TPSA) is 49.8 Å². The van der Waals surface area contributed by atoms with E-state index >= 15 is 0 Å². The summed E-state index contributed by atoms with van der Waals surface area (Å²) in [6.07, 6.45) is 4.19. The first-order valence-electron chi connectivity index (χ1n) is 4.35. The van der Waals surface area contributed by atoms with Crippen molar-refractivity contribution in [3.8, 4) is 6.07 Å². The second-order valence-electron chi connectivity index (χ2n) is 3.25. The van der Waals surface area contributed by atoms with Crippen molar-refractivity contribution in [3.05, 3.63) is 35.2 Å². The number of aromatic nitrogens is 1. The molecule has 0 radical (unpaired) electrons. The minimum absolute atomic E-state index is 0.599. The molecule has 0 unspecified atom stereocenters. The lowest BCUT2D eigenvalue weighted by Gasteiger charge is -1.87. The Labute approximate surface area is 80.3 Å². The van der Waals surface area contributed by atoms with E-state index in [0.717, 1.165) is 28.0 Å². The largest absolute Gasteiger partial charge is 0.458 e. The third-order valence-corrected chi connectivity index (χ3v) is 2.37. The van der Waals surface area contributed by atoms with Crippen LogP contribution in [0.3, 0.4) is 0 Å². The van der Waals surface area contributed by atoms with Crippen molar-refractivity contribution in [3.63, 3.8) is 0 Å². The number of fused-ring (bicyclic) bond motifs is 3. The van der Waals surface area contributed by atoms with Crippen molar-refractivity contribution < 1.29 is 4.42 Å². The average molecular weight is 182 g/mol. The Kier molecular flexibility index (Phi) is 1.29. The fraction of sp³-hybridized carbons (Fsp3) is 0.0909. The fourth-order valence-electron chi connectivity index (χ4n) is 1.75. The lowest BCUT2D eigenvalue weighted by molar-refractivity contribution is 0.565. The smallest absolute Gasteiger partial charge is 0.153 e. The number of hydrogen-bond acceptors (Lipinski definition) is 3. The van der Waals surface area contributed by atoms with E-state index in [1.807, 2.05) is 18.2 Å². The average Bonchev–Trinajstić information content (AvgIpc) is 2.73. The minimum atomic E-state index is 0.599. The normalized spacial score (nSPS) is 13.8. The zero-order valence-electron chi connectivity index (χ0n) is 7.32. The molecular weight excluding hydrogens is 176 g/mol. The molecule has 1 aliphatic rings. The molecule has 0 atom stereocenters. The van der Waals surface area contributed by atoms with Crippen LogP contribution in [0.25, 0.3) is 17.2 Å². The van der Waals surface area contributed by atoms with E-state index in [1.54, 1.807) is 6.20 Å². The summed E-state index contributed by atoms with van der Waals surface area (Å²) in [5, 5.41) is 8.75. The highest BCUT2D eigenvalue weighted by atomic mass is 16.3. The number of allylic oxidation sites excluding steroid dienone is 1. The summed E-state index contributed by atoms with van der Waals surface area (Å²) in [7, 11) is 0. The summed E-state index contributed by atoms with van der Waals surface area (Å²) in [4.78, 5) is 4.23. The Hall–Kier alpha value is -2.08. The Morgan fingerprint density at radius 1 is 1.50 bits per heavy atom. The molecule has 2 aromatic rings. The first kappa shape index (κ1) is 7.34. The van der Waals surface area contributed by atoms with Gasteiger partial charge in [0.2, 0.25) is 0 Å². The summed E-state index contributed by atoms with van der Waals surface area (Å²) in [6.45, 7) is 0. The molecule has 0 saturated carbocycles. The molecule has 2 heterocycles. The molecule has 3 rings (SSSR count). The molecule has 3 nitrogen and oxygen atoms in total. The molecule has 3 heteroatoms. The highest BCUT2D eigenvalue weighted by molar-refractivity contribution is 5.88. The van der Waals surface area contributed by atoms with Crippen LogP contribution in [-0.4, -0.2) is 4.98 Å². The number of rotatable bonds is 0. The van der Waals surface area contributed by atoms with Crippen LogP contribution in [0.1, 0.15) is 11.3 Å². The highest BCUT2D eigenvalue weighted by Crippen LogP contribution is 2.32. The van der Waals surface area contributed by atoms with Gasteiger partial charge in [0.25, 0.3) is 0 Å². The van der Waals surface area contributed by atoms with Crippen LogP contribution in [0.4, 0.5) is 0 Å². The van der Waals surface area contributed by atoms with Gasteiger partial charge in [-0.1, -0.05) is 0 Å². The maximum atomic E-state index is 8.75. The van der Waals surface area contributed by atoms with Gasteiger partial charge in [0.1, 0.15) is 11.3 Å². The van der Waals surface area contributed by atoms with E-state index in [1.165, 1.54) is 0 Å². The van der Waals surface area contributed by atoms with E-state index in [0.29, 0.717) is 6.42 Å². The minimum Gasteiger partial charge on any atom is -0.458 e. The van der Waals surface area contributed by atoms with Gasteiger partial charge in [-0.25, -0.2) is 0 Å². The predicted octanol–water partition coefficient (Wildman–Crippen LogP) is 2.29. The van der Waals surface area contributed by atoms with Crippen molar-refractivity contribution >= 4 is 17.2 Å². The number of furan rings is 1. The van der Waals surface area contributed by atoms with Gasteiger partial charge in [0.05, 0.1) is 6.07 Å². The van der Waals surface area contributed by atoms with Crippen molar-refractivity contribution in [1.82, 2.24) is 4.98 Å². The van der Waals surface area contributed by atoms with Gasteiger partial charge in [-0.3, -0.25) is 4.98 Å². The first-order valence-corrected chi connectivity index (χ1v) is 4.35. The van der Waals surface area contributed by atoms with Crippen molar-refractivity contribution in [1.29, 1.82) is 5.26 Å². The van der Waals surface area contributed by atoms with Crippen LogP contribution in [0, 0.1) is 11.3 Å². The van der Waals surface area contributed by atoms with Crippen molar-refractivity contribution in [2.24, 2.45) is 0 Å². The molecule has 0 amide bonds. The lowest BCUT2D eigenvalue weighted by atomic mass is 10.2. The summed E-state index contributed by atoms with van der Waals surface area (Å²) >= 11 is 0. The molecule has 0 saturated heterocycles. The molecule has 0 N–H and O–H groups in total. The third-order valence-electron chi connectivity index (χ3n) is 2.37. The quantitative estimate of drug-likeness (QED) is 0.628. The van der Waals surface area contributed by atoms with Gasteiger partial charge in [-0.2, -0.15) is 5.26 Å². The summed E-state index contributed by atoms with van der Waals surface area (Å²) in [5.41, 5.74) is 3.36. The molecule has 66 valence electrons. The summed E-state index contributed by atoms with van der Waals surface area (Å²) in [5.74, 6) is 0.857. The maximum absolute atomic E-state index is 8.75. The highest BCUT2D eigenvalue weighted by Gasteiger charge is 2.20. The molecule has 0 spiro atoms. The zero-order valence-corrected chi connectivity index (χ0v) is 7.32. The molecule has 0 aromatic carbocycles. The molecular formula is C11H6N2O. The van der Waals surface area contributed by atoms with Crippen molar-refractivity contribution in [2.75, 3.05) is 0 Å². The van der Waals surface area contributed by atoms with Gasteiger partial charge in [0, 0.05) is 23.8 Å². The molecule has 0 bridgehead atoms. The van der Waals surface area contributed by atoms with E-state index in [4.69, 9.17) is 9.68 Å². The fourth-order valence-corrected chi connectivity index (χ4v) is 1.75.